The SMILES string of the molecule is CNC(=O)Nc1ccc(N)c(Cl)c1. The predicted molar refractivity (Wildman–Crippen MR) is 53.9 cm³/mol. The minimum Gasteiger partial charge on any atom is -0.398 e. The van der Waals surface area contributed by atoms with Crippen LogP contribution in [0.15, 0.2) is 18.2 Å². The third kappa shape index (κ3) is 2.52. The Morgan fingerprint density at radius 2 is 2.23 bits per heavy atom. The molecule has 1 aromatic carbocycles. The molecule has 0 aromatic heterocycles. The van der Waals surface area contributed by atoms with Crippen LogP contribution in [0, 0.1) is 0 Å². The number of nitrogens with two attached hydrogens (primary N) is 1. The predicted octanol–water partition coefficient (Wildman–Crippen LogP) is 1.67. The summed E-state index contributed by atoms with van der Waals surface area (Å²) in [6.45, 7) is 0. The van der Waals surface area contributed by atoms with Crippen LogP contribution in [0.3, 0.4) is 0 Å². The maximum atomic E-state index is 10.9. The molecule has 13 heavy (non-hydrogen) atoms. The fraction of sp³-hybridized carbons (Fsp3) is 0.125. The zero-order chi connectivity index (χ0) is 9.84. The van der Waals surface area contributed by atoms with Crippen LogP contribution in [0.25, 0.3) is 0 Å². The van der Waals surface area contributed by atoms with E-state index in [2.05, 4.69) is 10.6 Å². The molecule has 0 fully saturated rings. The van der Waals surface area contributed by atoms with Gasteiger partial charge in [-0.15, -0.1) is 0 Å². The second-order valence-corrected chi connectivity index (χ2v) is 2.85. The van der Waals surface area contributed by atoms with Crippen LogP contribution >= 0.6 is 11.6 Å². The lowest BCUT2D eigenvalue weighted by Gasteiger charge is -2.05. The van der Waals surface area contributed by atoms with Gasteiger partial charge in [0, 0.05) is 12.7 Å². The van der Waals surface area contributed by atoms with Gasteiger partial charge in [-0.1, -0.05) is 11.6 Å². The Morgan fingerprint density at radius 1 is 1.54 bits per heavy atom. The van der Waals surface area contributed by atoms with E-state index in [4.69, 9.17) is 17.3 Å². The average Bonchev–Trinajstić information content (AvgIpc) is 2.11. The van der Waals surface area contributed by atoms with Crippen LogP contribution in [0.1, 0.15) is 0 Å². The van der Waals surface area contributed by atoms with Crippen LogP contribution in [-0.2, 0) is 0 Å². The molecular formula is C8H10ClN3O. The summed E-state index contributed by atoms with van der Waals surface area (Å²) in [7, 11) is 1.54. The summed E-state index contributed by atoms with van der Waals surface area (Å²) in [6.07, 6.45) is 0. The summed E-state index contributed by atoms with van der Waals surface area (Å²) in [4.78, 5) is 10.9. The number of halogens is 1. The fourth-order valence-corrected chi connectivity index (χ4v) is 0.979. The van der Waals surface area contributed by atoms with Gasteiger partial charge in [0.2, 0.25) is 0 Å². The molecule has 0 bridgehead atoms. The van der Waals surface area contributed by atoms with Crippen LogP contribution in [0.2, 0.25) is 5.02 Å². The highest BCUT2D eigenvalue weighted by Crippen LogP contribution is 2.22. The molecule has 1 aromatic rings. The molecule has 0 saturated carbocycles. The summed E-state index contributed by atoms with van der Waals surface area (Å²) >= 11 is 5.74. The number of hydrogen-bond acceptors (Lipinski definition) is 2. The second kappa shape index (κ2) is 4.00. The summed E-state index contributed by atoms with van der Waals surface area (Å²) in [5, 5.41) is 5.42. The van der Waals surface area contributed by atoms with E-state index in [1.165, 1.54) is 7.05 Å². The van der Waals surface area contributed by atoms with Gasteiger partial charge in [0.15, 0.2) is 0 Å². The van der Waals surface area contributed by atoms with Gasteiger partial charge in [-0.05, 0) is 18.2 Å². The largest absolute Gasteiger partial charge is 0.398 e. The lowest BCUT2D eigenvalue weighted by molar-refractivity contribution is 0.254. The van der Waals surface area contributed by atoms with Crippen LogP contribution in [-0.4, -0.2) is 13.1 Å². The van der Waals surface area contributed by atoms with Gasteiger partial charge >= 0.3 is 6.03 Å². The molecule has 70 valence electrons. The number of carbonyl (C=O) groups is 1. The third-order valence-corrected chi connectivity index (χ3v) is 1.81. The molecule has 4 N–H and O–H groups in total. The first kappa shape index (κ1) is 9.67. The molecule has 0 aliphatic heterocycles. The first-order valence-corrected chi connectivity index (χ1v) is 4.05. The van der Waals surface area contributed by atoms with E-state index in [0.29, 0.717) is 16.4 Å². The van der Waals surface area contributed by atoms with Crippen molar-refractivity contribution in [1.29, 1.82) is 0 Å². The van der Waals surface area contributed by atoms with E-state index < -0.39 is 0 Å². The maximum Gasteiger partial charge on any atom is 0.318 e. The van der Waals surface area contributed by atoms with Crippen molar-refractivity contribution in [3.05, 3.63) is 23.2 Å². The van der Waals surface area contributed by atoms with Crippen molar-refractivity contribution in [2.45, 2.75) is 0 Å². The highest BCUT2D eigenvalue weighted by atomic mass is 35.5. The van der Waals surface area contributed by atoms with E-state index in [1.807, 2.05) is 0 Å². The number of carbonyl (C=O) groups excluding carboxylic acids is 1. The molecule has 0 unspecified atom stereocenters. The van der Waals surface area contributed by atoms with Gasteiger partial charge in [-0.2, -0.15) is 0 Å². The zero-order valence-electron chi connectivity index (χ0n) is 7.10. The van der Waals surface area contributed by atoms with E-state index >= 15 is 0 Å². The minimum absolute atomic E-state index is 0.291. The van der Waals surface area contributed by atoms with Gasteiger partial charge < -0.3 is 16.4 Å². The molecule has 0 spiro atoms. The van der Waals surface area contributed by atoms with Gasteiger partial charge in [0.05, 0.1) is 10.7 Å². The van der Waals surface area contributed by atoms with Crippen molar-refractivity contribution in [3.63, 3.8) is 0 Å². The standard InChI is InChI=1S/C8H10ClN3O/c1-11-8(13)12-5-2-3-7(10)6(9)4-5/h2-4H,10H2,1H3,(H2,11,12,13). The third-order valence-electron chi connectivity index (χ3n) is 1.49. The quantitative estimate of drug-likeness (QED) is 0.603. The Morgan fingerprint density at radius 3 is 2.77 bits per heavy atom. The molecule has 0 aliphatic rings. The molecule has 1 rings (SSSR count). The lowest BCUT2D eigenvalue weighted by Crippen LogP contribution is -2.24. The first-order valence-electron chi connectivity index (χ1n) is 3.67. The number of rotatable bonds is 1. The molecular weight excluding hydrogens is 190 g/mol. The van der Waals surface area contributed by atoms with Crippen molar-refractivity contribution in [2.75, 3.05) is 18.1 Å². The number of anilines is 2. The number of amides is 2. The number of hydrogen-bond donors (Lipinski definition) is 3. The average molecular weight is 200 g/mol. The Hall–Kier alpha value is -1.42. The second-order valence-electron chi connectivity index (χ2n) is 2.44. The number of urea groups is 1. The fourth-order valence-electron chi connectivity index (χ4n) is 0.798. The molecule has 2 amide bonds. The van der Waals surface area contributed by atoms with Crippen LogP contribution in [0.4, 0.5) is 16.2 Å². The Balaban J connectivity index is 2.79. The Bertz CT molecular complexity index is 327. The summed E-state index contributed by atoms with van der Waals surface area (Å²) in [6, 6.07) is 4.61. The van der Waals surface area contributed by atoms with Crippen LogP contribution < -0.4 is 16.4 Å². The topological polar surface area (TPSA) is 67.2 Å². The maximum absolute atomic E-state index is 10.9. The minimum atomic E-state index is -0.291. The van der Waals surface area contributed by atoms with Crippen molar-refractivity contribution < 1.29 is 4.79 Å². The van der Waals surface area contributed by atoms with Crippen molar-refractivity contribution in [3.8, 4) is 0 Å². The van der Waals surface area contributed by atoms with E-state index in [9.17, 15) is 4.79 Å². The molecule has 0 radical (unpaired) electrons. The molecule has 5 heteroatoms. The Labute approximate surface area is 81.1 Å². The molecule has 0 saturated heterocycles. The normalized spacial score (nSPS) is 9.38. The molecule has 0 heterocycles. The first-order chi connectivity index (χ1) is 6.13. The zero-order valence-corrected chi connectivity index (χ0v) is 7.85. The number of benzene rings is 1. The number of nitrogen functional groups attached to an aromatic ring is 1. The summed E-state index contributed by atoms with van der Waals surface area (Å²) in [5.74, 6) is 0. The van der Waals surface area contributed by atoms with Crippen LogP contribution in [0.5, 0.6) is 0 Å². The lowest BCUT2D eigenvalue weighted by atomic mass is 10.3. The smallest absolute Gasteiger partial charge is 0.318 e. The van der Waals surface area contributed by atoms with E-state index in [1.54, 1.807) is 18.2 Å². The monoisotopic (exact) mass is 199 g/mol. The summed E-state index contributed by atoms with van der Waals surface area (Å²) < 4.78 is 0. The van der Waals surface area contributed by atoms with Crippen molar-refractivity contribution >= 4 is 29.0 Å². The van der Waals surface area contributed by atoms with Gasteiger partial charge in [0.1, 0.15) is 0 Å². The highest BCUT2D eigenvalue weighted by Gasteiger charge is 2.00. The number of nitrogens with one attached hydrogen (secondary N) is 2. The van der Waals surface area contributed by atoms with Gasteiger partial charge in [-0.25, -0.2) is 4.79 Å². The van der Waals surface area contributed by atoms with Gasteiger partial charge in [0.25, 0.3) is 0 Å². The van der Waals surface area contributed by atoms with Gasteiger partial charge in [-0.3, -0.25) is 0 Å². The van der Waals surface area contributed by atoms with Crippen molar-refractivity contribution in [1.82, 2.24) is 5.32 Å². The Kier molecular flexibility index (Phi) is 2.97. The van der Waals surface area contributed by atoms with E-state index in [-0.39, 0.29) is 6.03 Å². The molecule has 0 aliphatic carbocycles. The van der Waals surface area contributed by atoms with E-state index in [0.717, 1.165) is 0 Å². The molecule has 0 atom stereocenters. The van der Waals surface area contributed by atoms with Crippen molar-refractivity contribution in [2.24, 2.45) is 0 Å². The molecule has 4 nitrogen and oxygen atoms in total. The summed E-state index contributed by atoms with van der Waals surface area (Å²) in [5.41, 5.74) is 6.59. The highest BCUT2D eigenvalue weighted by molar-refractivity contribution is 6.33.